The number of carbonyl (C=O) groups is 1. The molecule has 31 heavy (non-hydrogen) atoms. The fraction of sp³-hybridized carbons (Fsp3) is 0.391. The number of hydrogen-bond donors (Lipinski definition) is 1. The van der Waals surface area contributed by atoms with E-state index in [-0.39, 0.29) is 24.0 Å². The Morgan fingerprint density at radius 3 is 2.84 bits per heavy atom. The zero-order chi connectivity index (χ0) is 22.0. The van der Waals surface area contributed by atoms with Crippen molar-refractivity contribution in [1.29, 1.82) is 0 Å². The minimum Gasteiger partial charge on any atom is -0.490 e. The number of halogens is 2. The van der Waals surface area contributed by atoms with Crippen LogP contribution in [0.3, 0.4) is 0 Å². The van der Waals surface area contributed by atoms with E-state index >= 15 is 0 Å². The van der Waals surface area contributed by atoms with Crippen molar-refractivity contribution in [1.82, 2.24) is 5.32 Å². The zero-order valence-electron chi connectivity index (χ0n) is 17.4. The monoisotopic (exact) mass is 506 g/mol. The molecule has 6 nitrogen and oxygen atoms in total. The molecule has 0 spiro atoms. The molecule has 4 rings (SSSR count). The molecule has 1 unspecified atom stereocenters. The topological polar surface area (TPSA) is 69.2 Å². The summed E-state index contributed by atoms with van der Waals surface area (Å²) in [5, 5.41) is 4.07. The Bertz CT molecular complexity index is 1010. The van der Waals surface area contributed by atoms with Gasteiger partial charge in [0, 0.05) is 10.0 Å². The van der Waals surface area contributed by atoms with E-state index in [1.165, 1.54) is 7.11 Å². The summed E-state index contributed by atoms with van der Waals surface area (Å²) in [5.74, 6) is 1.22. The van der Waals surface area contributed by atoms with Crippen LogP contribution in [-0.2, 0) is 14.3 Å². The fourth-order valence-electron chi connectivity index (χ4n) is 3.80. The summed E-state index contributed by atoms with van der Waals surface area (Å²) in [6.45, 7) is 2.91. The van der Waals surface area contributed by atoms with Crippen LogP contribution in [0, 0.1) is 5.92 Å². The highest BCUT2D eigenvalue weighted by Gasteiger charge is 2.35. The van der Waals surface area contributed by atoms with Crippen LogP contribution >= 0.6 is 27.5 Å². The van der Waals surface area contributed by atoms with Crippen LogP contribution in [0.5, 0.6) is 5.75 Å². The lowest BCUT2D eigenvalue weighted by atomic mass is 9.82. The van der Waals surface area contributed by atoms with Crippen molar-refractivity contribution in [3.63, 3.8) is 0 Å². The molecule has 8 heteroatoms. The van der Waals surface area contributed by atoms with Gasteiger partial charge in [0.1, 0.15) is 18.2 Å². The molecule has 1 saturated carbocycles. The highest BCUT2D eigenvalue weighted by molar-refractivity contribution is 9.10. The van der Waals surface area contributed by atoms with Crippen LogP contribution in [0.2, 0.25) is 5.02 Å². The Morgan fingerprint density at radius 2 is 2.06 bits per heavy atom. The number of benzene rings is 2. The number of nitrogens with one attached hydrogen (secondary N) is 1. The summed E-state index contributed by atoms with van der Waals surface area (Å²) < 4.78 is 17.5. The number of para-hydroxylation sites is 1. The Hall–Kier alpha value is -2.09. The first kappa shape index (κ1) is 22.1. The highest BCUT2D eigenvalue weighted by Crippen LogP contribution is 2.37. The zero-order valence-corrected chi connectivity index (χ0v) is 19.7. The molecular formula is C23H24BrClN2O4. The Labute approximate surface area is 195 Å². The number of methoxy groups -OCH3 is 1. The third kappa shape index (κ3) is 4.89. The van der Waals surface area contributed by atoms with E-state index in [2.05, 4.69) is 28.2 Å². The molecule has 2 aromatic carbocycles. The first-order valence-electron chi connectivity index (χ1n) is 10.2. The minimum absolute atomic E-state index is 0.0420. The van der Waals surface area contributed by atoms with Gasteiger partial charge in [-0.15, -0.1) is 0 Å². The number of carbonyl (C=O) groups excluding carboxylic acids is 1. The molecule has 1 N–H and O–H groups in total. The number of amidine groups is 1. The molecule has 0 radical (unpaired) electrons. The number of esters is 1. The van der Waals surface area contributed by atoms with Gasteiger partial charge in [-0.25, -0.2) is 4.99 Å². The van der Waals surface area contributed by atoms with Crippen LogP contribution in [0.25, 0.3) is 0 Å². The van der Waals surface area contributed by atoms with Gasteiger partial charge in [-0.2, -0.15) is 0 Å². The van der Waals surface area contributed by atoms with Gasteiger partial charge in [-0.3, -0.25) is 4.79 Å². The maximum Gasteiger partial charge on any atom is 0.308 e. The maximum atomic E-state index is 11.5. The Morgan fingerprint density at radius 1 is 1.26 bits per heavy atom. The first-order valence-corrected chi connectivity index (χ1v) is 11.4. The molecule has 1 heterocycles. The van der Waals surface area contributed by atoms with Gasteiger partial charge in [-0.1, -0.05) is 39.7 Å². The molecule has 2 aliphatic rings. The Balaban J connectivity index is 1.42. The average molecular weight is 508 g/mol. The van der Waals surface area contributed by atoms with Gasteiger partial charge >= 0.3 is 5.97 Å². The number of nitrogens with zero attached hydrogens (tertiary/aromatic N) is 1. The van der Waals surface area contributed by atoms with Crippen LogP contribution < -0.4 is 10.1 Å². The quantitative estimate of drug-likeness (QED) is 0.412. The van der Waals surface area contributed by atoms with Crippen molar-refractivity contribution in [3.8, 4) is 5.75 Å². The summed E-state index contributed by atoms with van der Waals surface area (Å²) in [6.07, 6.45) is 1.49. The second-order valence-electron chi connectivity index (χ2n) is 7.68. The molecule has 1 aliphatic heterocycles. The normalized spacial score (nSPS) is 21.9. The number of ether oxygens (including phenoxy) is 3. The van der Waals surface area contributed by atoms with Gasteiger partial charge in [0.2, 0.25) is 0 Å². The van der Waals surface area contributed by atoms with Crippen LogP contribution in [0.1, 0.15) is 36.9 Å². The average Bonchev–Trinajstić information content (AvgIpc) is 2.72. The number of fused-ring (bicyclic) bond motifs is 1. The van der Waals surface area contributed by atoms with E-state index < -0.39 is 0 Å². The van der Waals surface area contributed by atoms with Crippen molar-refractivity contribution in [2.75, 3.05) is 20.3 Å². The molecule has 0 saturated heterocycles. The molecular weight excluding hydrogens is 484 g/mol. The Kier molecular flexibility index (Phi) is 6.84. The maximum absolute atomic E-state index is 11.5. The molecule has 1 atom stereocenters. The lowest BCUT2D eigenvalue weighted by Crippen LogP contribution is -2.37. The molecule has 1 fully saturated rings. The van der Waals surface area contributed by atoms with Gasteiger partial charge in [0.25, 0.3) is 0 Å². The van der Waals surface area contributed by atoms with E-state index in [1.54, 1.807) is 0 Å². The van der Waals surface area contributed by atoms with E-state index in [4.69, 9.17) is 30.8 Å². The van der Waals surface area contributed by atoms with Gasteiger partial charge in [-0.05, 0) is 44.0 Å². The second kappa shape index (κ2) is 9.59. The fourth-order valence-corrected chi connectivity index (χ4v) is 4.37. The summed E-state index contributed by atoms with van der Waals surface area (Å²) in [4.78, 5) is 16.2. The lowest BCUT2D eigenvalue weighted by Gasteiger charge is -2.32. The molecule has 0 aromatic heterocycles. The third-order valence-electron chi connectivity index (χ3n) is 5.58. The molecule has 0 amide bonds. The predicted octanol–water partition coefficient (Wildman–Crippen LogP) is 5.19. The molecule has 164 valence electrons. The van der Waals surface area contributed by atoms with E-state index in [1.807, 2.05) is 36.4 Å². The van der Waals surface area contributed by atoms with E-state index in [0.717, 1.165) is 27.1 Å². The highest BCUT2D eigenvalue weighted by atomic mass is 79.9. The summed E-state index contributed by atoms with van der Waals surface area (Å²) in [6, 6.07) is 11.7. The predicted molar refractivity (Wildman–Crippen MR) is 123 cm³/mol. The van der Waals surface area contributed by atoms with Crippen LogP contribution in [0.15, 0.2) is 45.9 Å². The van der Waals surface area contributed by atoms with Crippen molar-refractivity contribution in [2.24, 2.45) is 10.9 Å². The van der Waals surface area contributed by atoms with Gasteiger partial charge < -0.3 is 19.5 Å². The second-order valence-corrected chi connectivity index (χ2v) is 9.00. The summed E-state index contributed by atoms with van der Waals surface area (Å²) in [5.41, 5.74) is 2.71. The largest absolute Gasteiger partial charge is 0.490 e. The molecule has 1 aliphatic carbocycles. The van der Waals surface area contributed by atoms with Crippen LogP contribution in [0.4, 0.5) is 5.69 Å². The van der Waals surface area contributed by atoms with E-state index in [0.29, 0.717) is 36.8 Å². The van der Waals surface area contributed by atoms with E-state index in [9.17, 15) is 4.79 Å². The third-order valence-corrected chi connectivity index (χ3v) is 6.38. The first-order chi connectivity index (χ1) is 15.0. The summed E-state index contributed by atoms with van der Waals surface area (Å²) >= 11 is 9.91. The van der Waals surface area contributed by atoms with Crippen molar-refractivity contribution in [2.45, 2.75) is 31.9 Å². The summed E-state index contributed by atoms with van der Waals surface area (Å²) in [7, 11) is 1.42. The lowest BCUT2D eigenvalue weighted by molar-refractivity contribution is -0.155. The van der Waals surface area contributed by atoms with Gasteiger partial charge in [0.15, 0.2) is 0 Å². The van der Waals surface area contributed by atoms with Gasteiger partial charge in [0.05, 0.1) is 48.1 Å². The number of hydrogen-bond acceptors (Lipinski definition) is 6. The van der Waals surface area contributed by atoms with Crippen molar-refractivity contribution in [3.05, 3.63) is 57.0 Å². The smallest absolute Gasteiger partial charge is 0.308 e. The molecule has 2 aromatic rings. The number of aliphatic imine (C=N–C) groups is 1. The van der Waals surface area contributed by atoms with Crippen molar-refractivity contribution >= 4 is 45.0 Å². The minimum atomic E-state index is -0.161. The standard InChI is InChI=1S/C23H24BrClN2O4/c1-13-17-4-3-5-19(25)21(17)27-22(26-13)18-7-6-15(24)12-20(18)31-9-8-30-16-10-14(11-16)23(28)29-2/h3-7,12-14,16H,8-11H2,1-2H3,(H,26,27). The molecule has 0 bridgehead atoms. The number of rotatable bonds is 7. The van der Waals surface area contributed by atoms with Crippen molar-refractivity contribution < 1.29 is 19.0 Å². The van der Waals surface area contributed by atoms with Crippen LogP contribution in [-0.4, -0.2) is 38.2 Å². The SMILES string of the molecule is COC(=O)C1CC(OCCOc2cc(Br)ccc2C2=Nc3c(Cl)cccc3C(C)N2)C1.